The molecule has 0 aliphatic heterocycles. The monoisotopic (exact) mass is 374 g/mol. The predicted molar refractivity (Wildman–Crippen MR) is 121 cm³/mol. The van der Waals surface area contributed by atoms with Crippen LogP contribution in [0.1, 0.15) is 42.4 Å². The van der Waals surface area contributed by atoms with E-state index < -0.39 is 0 Å². The second kappa shape index (κ2) is 10.4. The summed E-state index contributed by atoms with van der Waals surface area (Å²) in [5.41, 5.74) is 4.36. The van der Waals surface area contributed by atoms with Crippen molar-refractivity contribution in [1.29, 1.82) is 0 Å². The molecule has 1 heteroatoms. The van der Waals surface area contributed by atoms with E-state index in [9.17, 15) is 0 Å². The Morgan fingerprint density at radius 2 is 0.852 bits per heavy atom. The highest BCUT2D eigenvalue weighted by molar-refractivity contribution is 7.19. The van der Waals surface area contributed by atoms with Crippen molar-refractivity contribution in [1.82, 2.24) is 0 Å². The number of hydrogen-bond acceptors (Lipinski definition) is 0. The molecule has 0 amide bonds. The van der Waals surface area contributed by atoms with Gasteiger partial charge in [0.15, 0.2) is 0 Å². The van der Waals surface area contributed by atoms with Crippen molar-refractivity contribution in [3.05, 3.63) is 108 Å². The van der Waals surface area contributed by atoms with Crippen molar-refractivity contribution < 1.29 is 0 Å². The molecule has 27 heavy (non-hydrogen) atoms. The van der Waals surface area contributed by atoms with Crippen LogP contribution in [0.15, 0.2) is 91.0 Å². The van der Waals surface area contributed by atoms with Crippen LogP contribution in [-0.2, 0) is 19.3 Å². The van der Waals surface area contributed by atoms with Gasteiger partial charge >= 0.3 is 0 Å². The zero-order valence-electron chi connectivity index (χ0n) is 16.2. The minimum atomic E-state index is 0.306. The molecule has 1 unspecified atom stereocenters. The molecular formula is C26H31P. The van der Waals surface area contributed by atoms with Crippen LogP contribution >= 0.6 is 9.24 Å². The van der Waals surface area contributed by atoms with Gasteiger partial charge < -0.3 is 0 Å². The van der Waals surface area contributed by atoms with Crippen molar-refractivity contribution in [2.45, 2.75) is 50.1 Å². The summed E-state index contributed by atoms with van der Waals surface area (Å²) in [6.07, 6.45) is 8.44. The van der Waals surface area contributed by atoms with E-state index in [2.05, 4.69) is 100 Å². The second-order valence-corrected chi connectivity index (χ2v) is 8.90. The molecule has 0 saturated carbocycles. The quantitative estimate of drug-likeness (QED) is 0.339. The Balaban J connectivity index is 1.59. The maximum Gasteiger partial charge on any atom is -0.0144 e. The van der Waals surface area contributed by atoms with Gasteiger partial charge in [0.1, 0.15) is 0 Å². The van der Waals surface area contributed by atoms with E-state index in [4.69, 9.17) is 0 Å². The molecule has 140 valence electrons. The maximum atomic E-state index is 3.25. The number of hydrogen-bond donors (Lipinski definition) is 0. The number of aryl methyl sites for hydroxylation is 3. The molecule has 0 aliphatic rings. The highest BCUT2D eigenvalue weighted by Gasteiger charge is 2.24. The average molecular weight is 375 g/mol. The first-order chi connectivity index (χ1) is 13.2. The lowest BCUT2D eigenvalue weighted by Gasteiger charge is -2.30. The molecule has 0 aromatic heterocycles. The highest BCUT2D eigenvalue weighted by Crippen LogP contribution is 2.35. The molecule has 0 N–H and O–H groups in total. The SMILES string of the molecule is PC(CCCc1ccccc1)(CCc1ccccc1)CCc1ccccc1. The third-order valence-corrected chi connectivity index (χ3v) is 6.36. The molecular weight excluding hydrogens is 343 g/mol. The van der Waals surface area contributed by atoms with E-state index in [0.717, 1.165) is 12.8 Å². The third kappa shape index (κ3) is 6.96. The van der Waals surface area contributed by atoms with Gasteiger partial charge in [-0.05, 0) is 66.8 Å². The topological polar surface area (TPSA) is 0 Å². The van der Waals surface area contributed by atoms with Gasteiger partial charge in [-0.25, -0.2) is 0 Å². The first-order valence-corrected chi connectivity index (χ1v) is 10.7. The molecule has 0 radical (unpaired) electrons. The molecule has 0 spiro atoms. The summed E-state index contributed by atoms with van der Waals surface area (Å²) in [5, 5.41) is 0.306. The van der Waals surface area contributed by atoms with Crippen LogP contribution in [-0.4, -0.2) is 5.16 Å². The van der Waals surface area contributed by atoms with E-state index in [1.54, 1.807) is 0 Å². The third-order valence-electron chi connectivity index (χ3n) is 5.49. The summed E-state index contributed by atoms with van der Waals surface area (Å²) in [4.78, 5) is 0. The zero-order chi connectivity index (χ0) is 18.8. The summed E-state index contributed by atoms with van der Waals surface area (Å²) >= 11 is 0. The van der Waals surface area contributed by atoms with Crippen molar-refractivity contribution in [2.24, 2.45) is 0 Å². The standard InChI is InChI=1S/C26H31P/c27-26(21-18-24-13-6-2-7-14-24,22-19-25-15-8-3-9-16-25)20-10-17-23-11-4-1-5-12-23/h1-9,11-16H,10,17-22,27H2. The van der Waals surface area contributed by atoms with Crippen LogP contribution in [0.5, 0.6) is 0 Å². The van der Waals surface area contributed by atoms with Gasteiger partial charge in [0.05, 0.1) is 0 Å². The fourth-order valence-electron chi connectivity index (χ4n) is 3.74. The Labute approximate surface area is 167 Å². The molecule has 0 fully saturated rings. The second-order valence-electron chi connectivity index (χ2n) is 7.67. The van der Waals surface area contributed by atoms with Gasteiger partial charge in [-0.15, -0.1) is 9.24 Å². The Morgan fingerprint density at radius 1 is 0.481 bits per heavy atom. The molecule has 0 bridgehead atoms. The minimum Gasteiger partial charge on any atom is -0.131 e. The highest BCUT2D eigenvalue weighted by atomic mass is 31.0. The lowest BCUT2D eigenvalue weighted by Crippen LogP contribution is -2.23. The Kier molecular flexibility index (Phi) is 7.66. The zero-order valence-corrected chi connectivity index (χ0v) is 17.3. The lowest BCUT2D eigenvalue weighted by atomic mass is 9.87. The Bertz CT molecular complexity index is 722. The van der Waals surface area contributed by atoms with Gasteiger partial charge in [-0.2, -0.15) is 0 Å². The molecule has 0 saturated heterocycles. The summed E-state index contributed by atoms with van der Waals surface area (Å²) in [7, 11) is 3.25. The molecule has 3 aromatic carbocycles. The summed E-state index contributed by atoms with van der Waals surface area (Å²) in [5.74, 6) is 0. The van der Waals surface area contributed by atoms with E-state index >= 15 is 0 Å². The number of rotatable bonds is 10. The van der Waals surface area contributed by atoms with Crippen LogP contribution in [0.25, 0.3) is 0 Å². The molecule has 1 atom stereocenters. The maximum absolute atomic E-state index is 3.25. The van der Waals surface area contributed by atoms with Crippen LogP contribution in [0, 0.1) is 0 Å². The normalized spacial score (nSPS) is 11.4. The molecule has 0 nitrogen and oxygen atoms in total. The minimum absolute atomic E-state index is 0.306. The first kappa shape index (κ1) is 19.8. The van der Waals surface area contributed by atoms with Crippen LogP contribution in [0.2, 0.25) is 0 Å². The van der Waals surface area contributed by atoms with Gasteiger partial charge in [-0.1, -0.05) is 91.0 Å². The summed E-state index contributed by atoms with van der Waals surface area (Å²) < 4.78 is 0. The summed E-state index contributed by atoms with van der Waals surface area (Å²) in [6.45, 7) is 0. The van der Waals surface area contributed by atoms with Crippen LogP contribution < -0.4 is 0 Å². The van der Waals surface area contributed by atoms with Crippen molar-refractivity contribution in [3.8, 4) is 0 Å². The van der Waals surface area contributed by atoms with Gasteiger partial charge in [0.2, 0.25) is 0 Å². The Morgan fingerprint density at radius 3 is 1.26 bits per heavy atom. The largest absolute Gasteiger partial charge is 0.131 e. The molecule has 3 aromatic rings. The van der Waals surface area contributed by atoms with Crippen molar-refractivity contribution in [2.75, 3.05) is 0 Å². The van der Waals surface area contributed by atoms with Crippen molar-refractivity contribution in [3.63, 3.8) is 0 Å². The molecule has 0 aliphatic carbocycles. The van der Waals surface area contributed by atoms with E-state index in [1.165, 1.54) is 48.8 Å². The Hall–Kier alpha value is -1.91. The average Bonchev–Trinajstić information content (AvgIpc) is 2.73. The predicted octanol–water partition coefficient (Wildman–Crippen LogP) is 6.89. The number of benzene rings is 3. The first-order valence-electron chi connectivity index (χ1n) is 10.1. The van der Waals surface area contributed by atoms with E-state index in [1.807, 2.05) is 0 Å². The van der Waals surface area contributed by atoms with Crippen molar-refractivity contribution >= 4 is 9.24 Å². The molecule has 3 rings (SSSR count). The van der Waals surface area contributed by atoms with E-state index in [-0.39, 0.29) is 0 Å². The summed E-state index contributed by atoms with van der Waals surface area (Å²) in [6, 6.07) is 32.7. The van der Waals surface area contributed by atoms with Crippen LogP contribution in [0.4, 0.5) is 0 Å². The molecule has 0 heterocycles. The lowest BCUT2D eigenvalue weighted by molar-refractivity contribution is 0.454. The fraction of sp³-hybridized carbons (Fsp3) is 0.308. The fourth-order valence-corrected chi connectivity index (χ4v) is 4.23. The van der Waals surface area contributed by atoms with E-state index in [0.29, 0.717) is 5.16 Å². The van der Waals surface area contributed by atoms with Gasteiger partial charge in [0, 0.05) is 0 Å². The van der Waals surface area contributed by atoms with Gasteiger partial charge in [-0.3, -0.25) is 0 Å². The van der Waals surface area contributed by atoms with Crippen LogP contribution in [0.3, 0.4) is 0 Å². The van der Waals surface area contributed by atoms with Gasteiger partial charge in [0.25, 0.3) is 0 Å². The smallest absolute Gasteiger partial charge is 0.0144 e.